The van der Waals surface area contributed by atoms with Crippen LogP contribution in [0.4, 0.5) is 0 Å². The highest BCUT2D eigenvalue weighted by Crippen LogP contribution is 2.41. The molecule has 0 bridgehead atoms. The van der Waals surface area contributed by atoms with Crippen molar-refractivity contribution in [2.75, 3.05) is 0 Å². The molecule has 0 saturated carbocycles. The molecule has 1 aliphatic rings. The first-order valence-corrected chi connectivity index (χ1v) is 8.77. The molecule has 0 aliphatic carbocycles. The van der Waals surface area contributed by atoms with Crippen molar-refractivity contribution in [1.82, 2.24) is 0 Å². The number of ether oxygens (including phenoxy) is 1. The Morgan fingerprint density at radius 2 is 1.87 bits per heavy atom. The van der Waals surface area contributed by atoms with E-state index in [1.54, 1.807) is 0 Å². The predicted octanol–water partition coefficient (Wildman–Crippen LogP) is 3.98. The molecule has 3 heteroatoms. The van der Waals surface area contributed by atoms with Crippen LogP contribution < -0.4 is 0 Å². The third kappa shape index (κ3) is 4.35. The summed E-state index contributed by atoms with van der Waals surface area (Å²) in [6, 6.07) is 10.1. The molecule has 0 spiro atoms. The zero-order chi connectivity index (χ0) is 17.0. The highest BCUT2D eigenvalue weighted by Gasteiger charge is 2.50. The van der Waals surface area contributed by atoms with Gasteiger partial charge in [0, 0.05) is 12.3 Å². The molecule has 1 heterocycles. The lowest BCUT2D eigenvalue weighted by molar-refractivity contribution is -0.148. The van der Waals surface area contributed by atoms with Crippen molar-refractivity contribution < 1.29 is 14.6 Å². The van der Waals surface area contributed by atoms with E-state index in [9.17, 15) is 9.90 Å². The first-order chi connectivity index (χ1) is 10.8. The molecule has 0 amide bonds. The first kappa shape index (κ1) is 18.0. The second-order valence-electron chi connectivity index (χ2n) is 7.81. The minimum Gasteiger partial charge on any atom is -0.461 e. The van der Waals surface area contributed by atoms with Crippen molar-refractivity contribution in [2.45, 2.75) is 65.6 Å². The van der Waals surface area contributed by atoms with E-state index in [0.29, 0.717) is 0 Å². The van der Waals surface area contributed by atoms with Crippen LogP contribution in [0.1, 0.15) is 52.5 Å². The Morgan fingerprint density at radius 3 is 2.43 bits per heavy atom. The molecule has 0 aromatic heterocycles. The summed E-state index contributed by atoms with van der Waals surface area (Å²) in [6.07, 6.45) is 3.00. The highest BCUT2D eigenvalue weighted by molar-refractivity contribution is 5.76. The maximum Gasteiger partial charge on any atom is 0.312 e. The second-order valence-corrected chi connectivity index (χ2v) is 7.81. The number of carbonyl (C=O) groups is 1. The summed E-state index contributed by atoms with van der Waals surface area (Å²) in [7, 11) is 0. The Balaban J connectivity index is 2.20. The fourth-order valence-corrected chi connectivity index (χ4v) is 3.47. The molecule has 128 valence electrons. The molecule has 4 atom stereocenters. The van der Waals surface area contributed by atoms with E-state index in [-0.39, 0.29) is 23.4 Å². The standard InChI is InChI=1S/C20H30O3/c1-5-6-12-15-16(13-14-10-8-7-9-11-14)23-19(22)17(15)18(21)20(2,3)4/h7-11,15-18,21H,5-6,12-13H2,1-4H3/t15-,16-,17-,18+/m1/s1. The minimum absolute atomic E-state index is 0.0943. The van der Waals surface area contributed by atoms with Gasteiger partial charge in [0.15, 0.2) is 0 Å². The van der Waals surface area contributed by atoms with Crippen LogP contribution in [0.25, 0.3) is 0 Å². The molecule has 3 nitrogen and oxygen atoms in total. The summed E-state index contributed by atoms with van der Waals surface area (Å²) in [6.45, 7) is 8.09. The number of hydrogen-bond donors (Lipinski definition) is 1. The lowest BCUT2D eigenvalue weighted by Gasteiger charge is -2.32. The van der Waals surface area contributed by atoms with Gasteiger partial charge in [-0.3, -0.25) is 4.79 Å². The summed E-state index contributed by atoms with van der Waals surface area (Å²) in [5.41, 5.74) is 0.855. The van der Waals surface area contributed by atoms with Crippen molar-refractivity contribution in [3.8, 4) is 0 Å². The van der Waals surface area contributed by atoms with Crippen LogP contribution in [0.3, 0.4) is 0 Å². The van der Waals surface area contributed by atoms with Crippen LogP contribution in [0.2, 0.25) is 0 Å². The van der Waals surface area contributed by atoms with Gasteiger partial charge in [0.25, 0.3) is 0 Å². The summed E-state index contributed by atoms with van der Waals surface area (Å²) in [4.78, 5) is 12.5. The van der Waals surface area contributed by atoms with Gasteiger partial charge in [-0.05, 0) is 17.4 Å². The van der Waals surface area contributed by atoms with Crippen LogP contribution in [0.5, 0.6) is 0 Å². The molecule has 2 rings (SSSR count). The minimum atomic E-state index is -0.669. The smallest absolute Gasteiger partial charge is 0.312 e. The average molecular weight is 318 g/mol. The van der Waals surface area contributed by atoms with E-state index >= 15 is 0 Å². The number of rotatable bonds is 6. The normalized spacial score (nSPS) is 26.1. The number of aliphatic hydroxyl groups is 1. The number of aliphatic hydroxyl groups excluding tert-OH is 1. The molecule has 1 aromatic rings. The van der Waals surface area contributed by atoms with Crippen LogP contribution in [-0.2, 0) is 16.0 Å². The van der Waals surface area contributed by atoms with Crippen molar-refractivity contribution >= 4 is 5.97 Å². The third-order valence-electron chi connectivity index (χ3n) is 4.88. The van der Waals surface area contributed by atoms with Crippen molar-refractivity contribution in [3.63, 3.8) is 0 Å². The quantitative estimate of drug-likeness (QED) is 0.807. The molecular weight excluding hydrogens is 288 g/mol. The maximum absolute atomic E-state index is 12.5. The molecule has 1 aromatic carbocycles. The molecule has 1 saturated heterocycles. The van der Waals surface area contributed by atoms with Crippen LogP contribution in [-0.4, -0.2) is 23.3 Å². The largest absolute Gasteiger partial charge is 0.461 e. The summed E-state index contributed by atoms with van der Waals surface area (Å²) < 4.78 is 5.70. The fraction of sp³-hybridized carbons (Fsp3) is 0.650. The van der Waals surface area contributed by atoms with Gasteiger partial charge in [-0.2, -0.15) is 0 Å². The van der Waals surface area contributed by atoms with Gasteiger partial charge in [-0.1, -0.05) is 70.9 Å². The number of cyclic esters (lactones) is 1. The van der Waals surface area contributed by atoms with Gasteiger partial charge in [0.1, 0.15) is 6.10 Å². The molecule has 0 unspecified atom stereocenters. The molecule has 1 fully saturated rings. The molecule has 23 heavy (non-hydrogen) atoms. The summed E-state index contributed by atoms with van der Waals surface area (Å²) in [5.74, 6) is -0.540. The summed E-state index contributed by atoms with van der Waals surface area (Å²) in [5, 5.41) is 10.7. The van der Waals surface area contributed by atoms with Crippen LogP contribution in [0.15, 0.2) is 30.3 Å². The Labute approximate surface area is 140 Å². The van der Waals surface area contributed by atoms with Crippen molar-refractivity contribution in [3.05, 3.63) is 35.9 Å². The topological polar surface area (TPSA) is 46.5 Å². The van der Waals surface area contributed by atoms with E-state index in [2.05, 4.69) is 19.1 Å². The lowest BCUT2D eigenvalue weighted by Crippen LogP contribution is -2.40. The Morgan fingerprint density at radius 1 is 1.22 bits per heavy atom. The van der Waals surface area contributed by atoms with Gasteiger partial charge < -0.3 is 9.84 Å². The Hall–Kier alpha value is -1.35. The van der Waals surface area contributed by atoms with Crippen molar-refractivity contribution in [2.24, 2.45) is 17.3 Å². The van der Waals surface area contributed by atoms with Crippen LogP contribution in [0, 0.1) is 17.3 Å². The van der Waals surface area contributed by atoms with Crippen LogP contribution >= 0.6 is 0 Å². The lowest BCUT2D eigenvalue weighted by atomic mass is 9.73. The van der Waals surface area contributed by atoms with E-state index in [4.69, 9.17) is 4.74 Å². The zero-order valence-corrected chi connectivity index (χ0v) is 14.8. The zero-order valence-electron chi connectivity index (χ0n) is 14.8. The number of esters is 1. The molecule has 1 N–H and O–H groups in total. The molecular formula is C20H30O3. The van der Waals surface area contributed by atoms with E-state index in [0.717, 1.165) is 25.7 Å². The van der Waals surface area contributed by atoms with E-state index < -0.39 is 12.0 Å². The first-order valence-electron chi connectivity index (χ1n) is 8.77. The van der Waals surface area contributed by atoms with Gasteiger partial charge >= 0.3 is 5.97 Å². The molecule has 0 radical (unpaired) electrons. The van der Waals surface area contributed by atoms with E-state index in [1.807, 2.05) is 39.0 Å². The van der Waals surface area contributed by atoms with Gasteiger partial charge in [-0.15, -0.1) is 0 Å². The predicted molar refractivity (Wildman–Crippen MR) is 92.0 cm³/mol. The van der Waals surface area contributed by atoms with Gasteiger partial charge in [0.2, 0.25) is 0 Å². The number of hydrogen-bond acceptors (Lipinski definition) is 3. The number of unbranched alkanes of at least 4 members (excludes halogenated alkanes) is 1. The van der Waals surface area contributed by atoms with Gasteiger partial charge in [0.05, 0.1) is 12.0 Å². The molecule has 1 aliphatic heterocycles. The summed E-state index contributed by atoms with van der Waals surface area (Å²) >= 11 is 0. The van der Waals surface area contributed by atoms with Gasteiger partial charge in [-0.25, -0.2) is 0 Å². The average Bonchev–Trinajstić information content (AvgIpc) is 2.79. The Bertz CT molecular complexity index is 503. The monoisotopic (exact) mass is 318 g/mol. The highest BCUT2D eigenvalue weighted by atomic mass is 16.6. The SMILES string of the molecule is CCCC[C@H]1[C@H]([C@H](O)C(C)(C)C)C(=O)O[C@@H]1Cc1ccccc1. The maximum atomic E-state index is 12.5. The third-order valence-corrected chi connectivity index (χ3v) is 4.88. The number of carbonyl (C=O) groups excluding carboxylic acids is 1. The second kappa shape index (κ2) is 7.48. The van der Waals surface area contributed by atoms with E-state index in [1.165, 1.54) is 5.56 Å². The Kier molecular flexibility index (Phi) is 5.85. The number of benzene rings is 1. The fourth-order valence-electron chi connectivity index (χ4n) is 3.47. The van der Waals surface area contributed by atoms with Crippen molar-refractivity contribution in [1.29, 1.82) is 0 Å².